The molecule has 0 N–H and O–H groups in total. The first-order valence-electron chi connectivity index (χ1n) is 7.25. The lowest BCUT2D eigenvalue weighted by Crippen LogP contribution is -2.48. The highest BCUT2D eigenvalue weighted by molar-refractivity contribution is 9.10. The molecule has 4 heteroatoms. The van der Waals surface area contributed by atoms with E-state index in [-0.39, 0.29) is 10.7 Å². The molecule has 1 aromatic rings. The van der Waals surface area contributed by atoms with Crippen molar-refractivity contribution in [3.63, 3.8) is 0 Å². The lowest BCUT2D eigenvalue weighted by Gasteiger charge is -2.36. The molecule has 2 aliphatic rings. The summed E-state index contributed by atoms with van der Waals surface area (Å²) in [5, 5.41) is 0. The van der Waals surface area contributed by atoms with Crippen molar-refractivity contribution < 1.29 is 4.79 Å². The number of likely N-dealkylation sites (tertiary alicyclic amines) is 1. The van der Waals surface area contributed by atoms with Crippen LogP contribution in [-0.2, 0) is 4.79 Å². The van der Waals surface area contributed by atoms with Gasteiger partial charge in [0.2, 0.25) is 5.91 Å². The summed E-state index contributed by atoms with van der Waals surface area (Å²) >= 11 is 3.44. The number of benzene rings is 1. The summed E-state index contributed by atoms with van der Waals surface area (Å²) in [5.41, 5.74) is 3.75. The fraction of sp³-hybridized carbons (Fsp3) is 0.562. The second-order valence-corrected chi connectivity index (χ2v) is 7.48. The molecule has 0 unspecified atom stereocenters. The highest BCUT2D eigenvalue weighted by Gasteiger charge is 2.44. The predicted octanol–water partition coefficient (Wildman–Crippen LogP) is 2.91. The summed E-state index contributed by atoms with van der Waals surface area (Å²) in [6, 6.07) is 6.82. The molecule has 0 aromatic heterocycles. The summed E-state index contributed by atoms with van der Waals surface area (Å²) in [6.07, 6.45) is 1.06. The van der Waals surface area contributed by atoms with E-state index in [4.69, 9.17) is 0 Å². The Morgan fingerprint density at radius 3 is 2.90 bits per heavy atom. The van der Waals surface area contributed by atoms with Gasteiger partial charge in [-0.2, -0.15) is 0 Å². The number of amides is 1. The van der Waals surface area contributed by atoms with Crippen LogP contribution in [0.1, 0.15) is 30.4 Å². The molecule has 2 heterocycles. The lowest BCUT2D eigenvalue weighted by molar-refractivity contribution is -0.118. The van der Waals surface area contributed by atoms with E-state index in [0.717, 1.165) is 25.2 Å². The number of hydrogen-bond acceptors (Lipinski definition) is 2. The number of alkyl halides is 1. The summed E-state index contributed by atoms with van der Waals surface area (Å²) in [6.45, 7) is 6.15. The highest BCUT2D eigenvalue weighted by atomic mass is 79.9. The Labute approximate surface area is 129 Å². The number of halogens is 1. The van der Waals surface area contributed by atoms with Crippen molar-refractivity contribution in [1.29, 1.82) is 0 Å². The topological polar surface area (TPSA) is 23.6 Å². The van der Waals surface area contributed by atoms with Crippen LogP contribution in [0.15, 0.2) is 18.2 Å². The molecule has 3 rings (SSSR count). The molecule has 108 valence electrons. The first-order chi connectivity index (χ1) is 9.49. The van der Waals surface area contributed by atoms with E-state index in [2.05, 4.69) is 53.0 Å². The molecular weight excluding hydrogens is 316 g/mol. The molecule has 1 aromatic carbocycles. The molecule has 3 atom stereocenters. The largest absolute Gasteiger partial charge is 0.307 e. The minimum absolute atomic E-state index is 0.130. The predicted molar refractivity (Wildman–Crippen MR) is 85.7 cm³/mol. The summed E-state index contributed by atoms with van der Waals surface area (Å²) < 4.78 is 0. The molecule has 3 nitrogen and oxygen atoms in total. The minimum atomic E-state index is -0.130. The van der Waals surface area contributed by atoms with Gasteiger partial charge in [0.15, 0.2) is 0 Å². The normalized spacial score (nSPS) is 27.1. The second-order valence-electron chi connectivity index (χ2n) is 6.11. The smallest absolute Gasteiger partial charge is 0.240 e. The fourth-order valence-electron chi connectivity index (χ4n) is 3.56. The van der Waals surface area contributed by atoms with Gasteiger partial charge in [0, 0.05) is 24.2 Å². The Morgan fingerprint density at radius 1 is 1.45 bits per heavy atom. The molecule has 0 saturated carbocycles. The number of fused-ring (bicyclic) bond motifs is 3. The van der Waals surface area contributed by atoms with Crippen LogP contribution < -0.4 is 4.90 Å². The number of likely N-dealkylation sites (N-methyl/N-ethyl adjacent to an activating group) is 1. The SMILES string of the molecule is Cc1ccc2c(c1)[C@@H]1CN(C)CC[C@@H]1N2C(=O)[C@H](C)Br. The average Bonchev–Trinajstić information content (AvgIpc) is 2.71. The van der Waals surface area contributed by atoms with Gasteiger partial charge in [-0.25, -0.2) is 0 Å². The highest BCUT2D eigenvalue weighted by Crippen LogP contribution is 2.45. The zero-order valence-corrected chi connectivity index (χ0v) is 13.9. The Morgan fingerprint density at radius 2 is 2.20 bits per heavy atom. The van der Waals surface area contributed by atoms with Gasteiger partial charge in [0.25, 0.3) is 0 Å². The zero-order chi connectivity index (χ0) is 14.4. The third-order valence-corrected chi connectivity index (χ3v) is 4.92. The number of rotatable bonds is 1. The van der Waals surface area contributed by atoms with Crippen LogP contribution in [0.25, 0.3) is 0 Å². The molecule has 0 spiro atoms. The van der Waals surface area contributed by atoms with Gasteiger partial charge in [-0.15, -0.1) is 0 Å². The third kappa shape index (κ3) is 2.19. The average molecular weight is 337 g/mol. The molecule has 2 aliphatic heterocycles. The van der Waals surface area contributed by atoms with Crippen LogP contribution in [0.2, 0.25) is 0 Å². The summed E-state index contributed by atoms with van der Waals surface area (Å²) in [4.78, 5) is 16.9. The van der Waals surface area contributed by atoms with E-state index in [1.807, 2.05) is 11.8 Å². The third-order valence-electron chi connectivity index (χ3n) is 4.53. The maximum absolute atomic E-state index is 12.6. The molecule has 1 saturated heterocycles. The van der Waals surface area contributed by atoms with E-state index in [1.54, 1.807) is 0 Å². The number of nitrogens with zero attached hydrogens (tertiary/aromatic N) is 2. The molecule has 0 aliphatic carbocycles. The van der Waals surface area contributed by atoms with Crippen molar-refractivity contribution in [2.24, 2.45) is 0 Å². The van der Waals surface area contributed by atoms with E-state index >= 15 is 0 Å². The summed E-state index contributed by atoms with van der Waals surface area (Å²) in [5.74, 6) is 0.644. The van der Waals surface area contributed by atoms with Crippen LogP contribution in [0, 0.1) is 6.92 Å². The Hall–Kier alpha value is -0.870. The maximum Gasteiger partial charge on any atom is 0.240 e. The summed E-state index contributed by atoms with van der Waals surface area (Å²) in [7, 11) is 2.17. The number of aryl methyl sites for hydroxylation is 1. The number of carbonyl (C=O) groups excluding carboxylic acids is 1. The van der Waals surface area contributed by atoms with Gasteiger partial charge in [-0.05, 0) is 45.5 Å². The van der Waals surface area contributed by atoms with Gasteiger partial charge in [0.05, 0.1) is 4.83 Å². The van der Waals surface area contributed by atoms with Gasteiger partial charge >= 0.3 is 0 Å². The van der Waals surface area contributed by atoms with Gasteiger partial charge in [-0.1, -0.05) is 33.6 Å². The van der Waals surface area contributed by atoms with Crippen LogP contribution in [0.3, 0.4) is 0 Å². The van der Waals surface area contributed by atoms with Crippen molar-refractivity contribution in [2.45, 2.75) is 37.1 Å². The second kappa shape index (κ2) is 5.15. The molecular formula is C16H21BrN2O. The Balaban J connectivity index is 2.06. The van der Waals surface area contributed by atoms with Crippen LogP contribution >= 0.6 is 15.9 Å². The van der Waals surface area contributed by atoms with Crippen LogP contribution in [0.4, 0.5) is 5.69 Å². The van der Waals surface area contributed by atoms with Crippen LogP contribution in [-0.4, -0.2) is 41.8 Å². The van der Waals surface area contributed by atoms with Crippen molar-refractivity contribution in [3.05, 3.63) is 29.3 Å². The molecule has 1 fully saturated rings. The van der Waals surface area contributed by atoms with Gasteiger partial charge < -0.3 is 9.80 Å². The molecule has 0 radical (unpaired) electrons. The van der Waals surface area contributed by atoms with Crippen molar-refractivity contribution in [2.75, 3.05) is 25.0 Å². The lowest BCUT2D eigenvalue weighted by atomic mass is 9.89. The molecule has 20 heavy (non-hydrogen) atoms. The maximum atomic E-state index is 12.6. The molecule has 1 amide bonds. The monoisotopic (exact) mass is 336 g/mol. The zero-order valence-electron chi connectivity index (χ0n) is 12.3. The van der Waals surface area contributed by atoms with Crippen molar-refractivity contribution in [1.82, 2.24) is 4.90 Å². The van der Waals surface area contributed by atoms with E-state index in [9.17, 15) is 4.79 Å². The van der Waals surface area contributed by atoms with Crippen molar-refractivity contribution in [3.8, 4) is 0 Å². The minimum Gasteiger partial charge on any atom is -0.307 e. The fourth-order valence-corrected chi connectivity index (χ4v) is 3.78. The first-order valence-corrected chi connectivity index (χ1v) is 8.17. The van der Waals surface area contributed by atoms with Gasteiger partial charge in [0.1, 0.15) is 0 Å². The van der Waals surface area contributed by atoms with Gasteiger partial charge in [-0.3, -0.25) is 4.79 Å². The Bertz CT molecular complexity index is 543. The number of piperidine rings is 1. The first kappa shape index (κ1) is 14.1. The molecule has 0 bridgehead atoms. The Kier molecular flexibility index (Phi) is 3.63. The van der Waals surface area contributed by atoms with E-state index in [1.165, 1.54) is 11.1 Å². The number of anilines is 1. The van der Waals surface area contributed by atoms with Crippen molar-refractivity contribution >= 4 is 27.5 Å². The quantitative estimate of drug-likeness (QED) is 0.736. The standard InChI is InChI=1S/C16H21BrN2O/c1-10-4-5-14-12(8-10)13-9-18(3)7-6-15(13)19(14)16(20)11(2)17/h4-5,8,11,13,15H,6-7,9H2,1-3H3/t11-,13-,15-/m0/s1. The van der Waals surface area contributed by atoms with E-state index in [0.29, 0.717) is 12.0 Å². The van der Waals surface area contributed by atoms with Crippen LogP contribution in [0.5, 0.6) is 0 Å². The number of carbonyl (C=O) groups is 1. The number of hydrogen-bond donors (Lipinski definition) is 0. The van der Waals surface area contributed by atoms with E-state index < -0.39 is 0 Å².